The third-order valence-corrected chi connectivity index (χ3v) is 10.2. The van der Waals surface area contributed by atoms with Crippen molar-refractivity contribution in [3.8, 4) is 5.75 Å². The molecule has 12 heteroatoms. The second kappa shape index (κ2) is 17.0. The van der Waals surface area contributed by atoms with Crippen molar-refractivity contribution in [1.82, 2.24) is 10.2 Å². The molecular formula is C32H39Cl2N3O5S2. The van der Waals surface area contributed by atoms with Crippen LogP contribution >= 0.6 is 35.0 Å². The summed E-state index contributed by atoms with van der Waals surface area (Å²) < 4.78 is 34.8. The number of nitrogens with one attached hydrogen (secondary N) is 1. The first-order valence-electron chi connectivity index (χ1n) is 14.5. The lowest BCUT2D eigenvalue weighted by molar-refractivity contribution is -0.140. The zero-order chi connectivity index (χ0) is 32.3. The number of rotatable bonds is 16. The van der Waals surface area contributed by atoms with E-state index >= 15 is 0 Å². The maximum atomic E-state index is 14.2. The molecule has 8 nitrogen and oxygen atoms in total. The second-order valence-electron chi connectivity index (χ2n) is 9.95. The van der Waals surface area contributed by atoms with Crippen LogP contribution in [0.5, 0.6) is 5.75 Å². The number of sulfonamides is 1. The predicted octanol–water partition coefficient (Wildman–Crippen LogP) is 7.03. The van der Waals surface area contributed by atoms with Crippen LogP contribution in [0.1, 0.15) is 45.6 Å². The van der Waals surface area contributed by atoms with Crippen molar-refractivity contribution in [1.29, 1.82) is 0 Å². The molecule has 3 aromatic carbocycles. The Hall–Kier alpha value is -2.92. The van der Waals surface area contributed by atoms with Crippen molar-refractivity contribution in [2.24, 2.45) is 0 Å². The van der Waals surface area contributed by atoms with E-state index in [1.807, 2.05) is 27.0 Å². The summed E-state index contributed by atoms with van der Waals surface area (Å²) in [5.74, 6) is -0.287. The first-order valence-corrected chi connectivity index (χ1v) is 17.9. The van der Waals surface area contributed by atoms with Gasteiger partial charge in [0.15, 0.2) is 0 Å². The summed E-state index contributed by atoms with van der Waals surface area (Å²) in [5, 5.41) is 3.59. The zero-order valence-electron chi connectivity index (χ0n) is 25.4. The number of unbranched alkanes of at least 4 members (excludes halogenated alkanes) is 1. The topological polar surface area (TPSA) is 96.0 Å². The van der Waals surface area contributed by atoms with Gasteiger partial charge in [0.2, 0.25) is 11.8 Å². The number of thioether (sulfide) groups is 1. The molecule has 0 radical (unpaired) electrons. The number of halogens is 2. The van der Waals surface area contributed by atoms with Gasteiger partial charge >= 0.3 is 0 Å². The normalized spacial score (nSPS) is 12.0. The molecule has 1 N–H and O–H groups in total. The van der Waals surface area contributed by atoms with Crippen LogP contribution in [-0.4, -0.2) is 57.1 Å². The van der Waals surface area contributed by atoms with Gasteiger partial charge in [0.25, 0.3) is 10.0 Å². The molecule has 0 aliphatic rings. The fraction of sp³-hybridized carbons (Fsp3) is 0.375. The van der Waals surface area contributed by atoms with E-state index in [2.05, 4.69) is 5.32 Å². The Bertz CT molecular complexity index is 1500. The van der Waals surface area contributed by atoms with Gasteiger partial charge in [-0.1, -0.05) is 49.5 Å². The molecule has 0 fully saturated rings. The van der Waals surface area contributed by atoms with Gasteiger partial charge in [0.05, 0.1) is 27.2 Å². The smallest absolute Gasteiger partial charge is 0.264 e. The van der Waals surface area contributed by atoms with E-state index < -0.39 is 28.5 Å². The number of anilines is 1. The van der Waals surface area contributed by atoms with Gasteiger partial charge in [-0.15, -0.1) is 11.8 Å². The molecule has 0 aliphatic heterocycles. The van der Waals surface area contributed by atoms with Gasteiger partial charge < -0.3 is 15.0 Å². The minimum atomic E-state index is -4.19. The fourth-order valence-electron chi connectivity index (χ4n) is 4.54. The number of benzene rings is 3. The molecule has 1 atom stereocenters. The van der Waals surface area contributed by atoms with Crippen LogP contribution in [0.3, 0.4) is 0 Å². The third kappa shape index (κ3) is 9.30. The van der Waals surface area contributed by atoms with Gasteiger partial charge in [-0.25, -0.2) is 8.42 Å². The molecule has 44 heavy (non-hydrogen) atoms. The highest BCUT2D eigenvalue weighted by atomic mass is 35.5. The second-order valence-corrected chi connectivity index (χ2v) is 13.5. The van der Waals surface area contributed by atoms with Gasteiger partial charge in [0.1, 0.15) is 18.3 Å². The summed E-state index contributed by atoms with van der Waals surface area (Å²) in [7, 11) is -4.19. The highest BCUT2D eigenvalue weighted by Gasteiger charge is 2.33. The Balaban J connectivity index is 2.06. The van der Waals surface area contributed by atoms with E-state index in [1.54, 1.807) is 54.6 Å². The largest absolute Gasteiger partial charge is 0.494 e. The lowest BCUT2D eigenvalue weighted by atomic mass is 10.1. The van der Waals surface area contributed by atoms with Crippen LogP contribution in [0.2, 0.25) is 10.0 Å². The Morgan fingerprint density at radius 2 is 1.64 bits per heavy atom. The average molecular weight is 681 g/mol. The minimum absolute atomic E-state index is 0.0228. The maximum Gasteiger partial charge on any atom is 0.264 e. The van der Waals surface area contributed by atoms with E-state index in [0.717, 1.165) is 22.0 Å². The molecule has 3 rings (SSSR count). The predicted molar refractivity (Wildman–Crippen MR) is 179 cm³/mol. The Morgan fingerprint density at radius 1 is 0.955 bits per heavy atom. The molecule has 0 saturated heterocycles. The van der Waals surface area contributed by atoms with Crippen LogP contribution in [0, 0.1) is 0 Å². The van der Waals surface area contributed by atoms with Gasteiger partial charge in [-0.3, -0.25) is 13.9 Å². The summed E-state index contributed by atoms with van der Waals surface area (Å²) in [6, 6.07) is 17.2. The molecule has 0 unspecified atom stereocenters. The average Bonchev–Trinajstić information content (AvgIpc) is 3.02. The lowest BCUT2D eigenvalue weighted by Crippen LogP contribution is -2.52. The summed E-state index contributed by atoms with van der Waals surface area (Å²) in [6.45, 7) is 6.09. The number of amides is 2. The number of carbonyl (C=O) groups excluding carboxylic acids is 2. The van der Waals surface area contributed by atoms with Crippen LogP contribution in [0.25, 0.3) is 0 Å². The van der Waals surface area contributed by atoms with Crippen molar-refractivity contribution in [2.75, 3.05) is 30.3 Å². The van der Waals surface area contributed by atoms with Crippen LogP contribution in [0.15, 0.2) is 76.5 Å². The summed E-state index contributed by atoms with van der Waals surface area (Å²) >= 11 is 13.9. The van der Waals surface area contributed by atoms with Crippen molar-refractivity contribution in [3.63, 3.8) is 0 Å². The Labute approximate surface area is 275 Å². The molecular weight excluding hydrogens is 641 g/mol. The highest BCUT2D eigenvalue weighted by molar-refractivity contribution is 7.98. The fourth-order valence-corrected chi connectivity index (χ4v) is 6.68. The summed E-state index contributed by atoms with van der Waals surface area (Å²) in [5.41, 5.74) is 0.932. The van der Waals surface area contributed by atoms with E-state index in [4.69, 9.17) is 27.9 Å². The van der Waals surface area contributed by atoms with Crippen molar-refractivity contribution >= 4 is 62.5 Å². The number of nitrogens with zero attached hydrogens (tertiary/aromatic N) is 2. The highest BCUT2D eigenvalue weighted by Crippen LogP contribution is 2.29. The monoisotopic (exact) mass is 679 g/mol. The van der Waals surface area contributed by atoms with Gasteiger partial charge in [0, 0.05) is 18.0 Å². The number of hydrogen-bond donors (Lipinski definition) is 1. The van der Waals surface area contributed by atoms with Crippen molar-refractivity contribution in [3.05, 3.63) is 82.3 Å². The van der Waals surface area contributed by atoms with Crippen molar-refractivity contribution in [2.45, 2.75) is 62.4 Å². The van der Waals surface area contributed by atoms with E-state index in [9.17, 15) is 18.0 Å². The molecule has 0 aromatic heterocycles. The lowest BCUT2D eigenvalue weighted by Gasteiger charge is -2.33. The van der Waals surface area contributed by atoms with E-state index in [0.29, 0.717) is 40.9 Å². The van der Waals surface area contributed by atoms with Crippen molar-refractivity contribution < 1.29 is 22.7 Å². The van der Waals surface area contributed by atoms with E-state index in [-0.39, 0.29) is 23.0 Å². The molecule has 0 heterocycles. The number of hydrogen-bond acceptors (Lipinski definition) is 6. The number of carbonyl (C=O) groups is 2. The third-order valence-electron chi connectivity index (χ3n) is 6.91. The Kier molecular flexibility index (Phi) is 13.7. The SMILES string of the molecule is CCCCNC(=O)[C@@H](CC)N(Cc1ccc(Cl)c(Cl)c1)C(=O)CN(c1ccc(OCC)cc1)S(=O)(=O)c1ccc(SC)cc1. The molecule has 2 amide bonds. The quantitative estimate of drug-likeness (QED) is 0.129. The molecule has 0 aliphatic carbocycles. The standard InChI is InChI=1S/C32H39Cl2N3O5S2/c1-5-8-19-35-32(39)30(6-2)36(21-23-9-18-28(33)29(34)20-23)31(38)22-37(24-10-12-25(13-11-24)42-7-3)44(40,41)27-16-14-26(43-4)15-17-27/h9-18,20,30H,5-8,19,21-22H2,1-4H3,(H,35,39)/t30-/m1/s1. The number of ether oxygens (including phenoxy) is 1. The molecule has 0 bridgehead atoms. The molecule has 0 spiro atoms. The molecule has 3 aromatic rings. The van der Waals surface area contributed by atoms with Crippen LogP contribution < -0.4 is 14.4 Å². The molecule has 238 valence electrons. The van der Waals surface area contributed by atoms with Gasteiger partial charge in [-0.2, -0.15) is 0 Å². The van der Waals surface area contributed by atoms with E-state index in [1.165, 1.54) is 28.8 Å². The minimum Gasteiger partial charge on any atom is -0.494 e. The van der Waals surface area contributed by atoms with Crippen LogP contribution in [-0.2, 0) is 26.2 Å². The summed E-state index contributed by atoms with van der Waals surface area (Å²) in [4.78, 5) is 29.9. The van der Waals surface area contributed by atoms with Gasteiger partial charge in [-0.05, 0) is 92.2 Å². The first-order chi connectivity index (χ1) is 21.0. The Morgan fingerprint density at radius 3 is 2.20 bits per heavy atom. The maximum absolute atomic E-state index is 14.2. The zero-order valence-corrected chi connectivity index (χ0v) is 28.5. The molecule has 0 saturated carbocycles. The first kappa shape index (κ1) is 35.6. The van der Waals surface area contributed by atoms with Crippen LogP contribution in [0.4, 0.5) is 5.69 Å². The summed E-state index contributed by atoms with van der Waals surface area (Å²) in [6.07, 6.45) is 3.91.